The van der Waals surface area contributed by atoms with E-state index in [0.29, 0.717) is 17.9 Å². The van der Waals surface area contributed by atoms with E-state index >= 15 is 0 Å². The number of nitrogens with one attached hydrogen (secondary N) is 2. The highest BCUT2D eigenvalue weighted by molar-refractivity contribution is 5.85. The molecule has 196 valence electrons. The Hall–Kier alpha value is -3.55. The van der Waals surface area contributed by atoms with Gasteiger partial charge in [-0.15, -0.1) is 18.3 Å². The van der Waals surface area contributed by atoms with Crippen molar-refractivity contribution in [3.8, 4) is 11.8 Å². The third-order valence-corrected chi connectivity index (χ3v) is 6.62. The van der Waals surface area contributed by atoms with Gasteiger partial charge >= 0.3 is 5.69 Å². The van der Waals surface area contributed by atoms with Crippen molar-refractivity contribution >= 4 is 35.4 Å². The normalized spacial score (nSPS) is 15.1. The standard InChI is InChI=1S/C26H31N7O3.ClH/c1-2-3-14-31-22-23(29-25(31)30-16-12-27-13-17-30)33(18-21(34)28-20-9-10-20)26(36)32(24(22)35)15-11-19-7-5-4-6-8-19;/h4-8,20,27H,9-18H2,1H3,(H,28,34);1H. The Morgan fingerprint density at radius 1 is 1.11 bits per heavy atom. The van der Waals surface area contributed by atoms with Crippen LogP contribution in [-0.4, -0.2) is 56.8 Å². The monoisotopic (exact) mass is 525 g/mol. The lowest BCUT2D eigenvalue weighted by Gasteiger charge is -2.28. The predicted molar refractivity (Wildman–Crippen MR) is 145 cm³/mol. The number of aryl methyl sites for hydroxylation is 1. The molecule has 1 saturated carbocycles. The van der Waals surface area contributed by atoms with Gasteiger partial charge in [-0.25, -0.2) is 4.79 Å². The number of halogens is 1. The molecule has 1 amide bonds. The van der Waals surface area contributed by atoms with Crippen molar-refractivity contribution < 1.29 is 4.79 Å². The largest absolute Gasteiger partial charge is 0.352 e. The Morgan fingerprint density at radius 2 is 1.84 bits per heavy atom. The predicted octanol–water partition coefficient (Wildman–Crippen LogP) is 0.736. The van der Waals surface area contributed by atoms with Crippen molar-refractivity contribution in [2.45, 2.75) is 51.9 Å². The highest BCUT2D eigenvalue weighted by Crippen LogP contribution is 2.21. The zero-order chi connectivity index (χ0) is 25.1. The molecule has 2 fully saturated rings. The molecule has 1 saturated heterocycles. The van der Waals surface area contributed by atoms with Gasteiger partial charge in [0.15, 0.2) is 11.2 Å². The van der Waals surface area contributed by atoms with Crippen molar-refractivity contribution in [1.29, 1.82) is 0 Å². The van der Waals surface area contributed by atoms with Crippen LogP contribution in [0, 0.1) is 11.8 Å². The van der Waals surface area contributed by atoms with Gasteiger partial charge < -0.3 is 15.5 Å². The van der Waals surface area contributed by atoms with E-state index < -0.39 is 11.2 Å². The first-order valence-corrected chi connectivity index (χ1v) is 12.5. The van der Waals surface area contributed by atoms with E-state index in [1.54, 1.807) is 11.5 Å². The minimum Gasteiger partial charge on any atom is -0.352 e. The fourth-order valence-electron chi connectivity index (χ4n) is 4.56. The van der Waals surface area contributed by atoms with E-state index in [1.165, 1.54) is 9.13 Å². The van der Waals surface area contributed by atoms with Crippen molar-refractivity contribution in [3.05, 3.63) is 56.7 Å². The number of carbonyl (C=O) groups excluding carboxylic acids is 1. The highest BCUT2D eigenvalue weighted by atomic mass is 35.5. The van der Waals surface area contributed by atoms with Crippen LogP contribution in [0.5, 0.6) is 0 Å². The molecule has 2 aliphatic rings. The van der Waals surface area contributed by atoms with Gasteiger partial charge in [0.05, 0.1) is 6.54 Å². The molecule has 3 aromatic rings. The van der Waals surface area contributed by atoms with E-state index in [4.69, 9.17) is 4.98 Å². The molecule has 2 N–H and O–H groups in total. The first kappa shape index (κ1) is 26.5. The van der Waals surface area contributed by atoms with Gasteiger partial charge in [-0.1, -0.05) is 36.3 Å². The third-order valence-electron chi connectivity index (χ3n) is 6.62. The smallest absolute Gasteiger partial charge is 0.333 e. The number of hydrogen-bond donors (Lipinski definition) is 2. The second-order valence-corrected chi connectivity index (χ2v) is 9.24. The molecule has 0 bridgehead atoms. The van der Waals surface area contributed by atoms with E-state index in [1.807, 2.05) is 30.3 Å². The summed E-state index contributed by atoms with van der Waals surface area (Å²) in [5.41, 5.74) is 0.634. The average Bonchev–Trinajstić information content (AvgIpc) is 3.63. The maximum atomic E-state index is 13.8. The molecule has 5 rings (SSSR count). The number of hydrogen-bond acceptors (Lipinski definition) is 6. The van der Waals surface area contributed by atoms with Crippen LogP contribution in [0.1, 0.15) is 25.3 Å². The number of benzene rings is 1. The van der Waals surface area contributed by atoms with Gasteiger partial charge in [-0.3, -0.25) is 23.3 Å². The van der Waals surface area contributed by atoms with Crippen molar-refractivity contribution in [2.75, 3.05) is 31.1 Å². The summed E-state index contributed by atoms with van der Waals surface area (Å²) in [7, 11) is 0. The van der Waals surface area contributed by atoms with Gasteiger partial charge in [0.1, 0.15) is 6.54 Å². The van der Waals surface area contributed by atoms with Crippen LogP contribution in [0.2, 0.25) is 0 Å². The third kappa shape index (κ3) is 5.73. The molecule has 3 heterocycles. The van der Waals surface area contributed by atoms with Crippen LogP contribution in [0.15, 0.2) is 39.9 Å². The van der Waals surface area contributed by atoms with Gasteiger partial charge in [0.2, 0.25) is 11.9 Å². The number of nitrogens with zero attached hydrogens (tertiary/aromatic N) is 5. The number of amides is 1. The van der Waals surface area contributed by atoms with Crippen LogP contribution >= 0.6 is 12.4 Å². The molecule has 1 aliphatic heterocycles. The zero-order valence-corrected chi connectivity index (χ0v) is 21.7. The summed E-state index contributed by atoms with van der Waals surface area (Å²) in [6, 6.07) is 9.89. The summed E-state index contributed by atoms with van der Waals surface area (Å²) in [4.78, 5) is 47.0. The summed E-state index contributed by atoms with van der Waals surface area (Å²) >= 11 is 0. The fourth-order valence-corrected chi connectivity index (χ4v) is 4.56. The summed E-state index contributed by atoms with van der Waals surface area (Å²) in [5.74, 6) is 6.30. The summed E-state index contributed by atoms with van der Waals surface area (Å²) in [6.45, 7) is 5.06. The van der Waals surface area contributed by atoms with E-state index in [2.05, 4.69) is 27.4 Å². The maximum Gasteiger partial charge on any atom is 0.333 e. The van der Waals surface area contributed by atoms with Crippen molar-refractivity contribution in [2.24, 2.45) is 0 Å². The number of carbonyl (C=O) groups is 1. The molecule has 1 aromatic carbocycles. The Balaban J connectivity index is 0.00000320. The van der Waals surface area contributed by atoms with E-state index in [0.717, 1.165) is 44.6 Å². The van der Waals surface area contributed by atoms with E-state index in [-0.39, 0.29) is 49.6 Å². The average molecular weight is 526 g/mol. The van der Waals surface area contributed by atoms with Crippen LogP contribution < -0.4 is 26.8 Å². The highest BCUT2D eigenvalue weighted by Gasteiger charge is 2.27. The molecular formula is C26H32ClN7O3. The van der Waals surface area contributed by atoms with Crippen LogP contribution in [0.4, 0.5) is 5.95 Å². The summed E-state index contributed by atoms with van der Waals surface area (Å²) in [5, 5.41) is 6.27. The molecule has 0 atom stereocenters. The second-order valence-electron chi connectivity index (χ2n) is 9.24. The lowest BCUT2D eigenvalue weighted by Crippen LogP contribution is -2.44. The number of rotatable bonds is 8. The van der Waals surface area contributed by atoms with Crippen molar-refractivity contribution in [3.63, 3.8) is 0 Å². The van der Waals surface area contributed by atoms with E-state index in [9.17, 15) is 14.4 Å². The Morgan fingerprint density at radius 3 is 2.51 bits per heavy atom. The fraction of sp³-hybridized carbons (Fsp3) is 0.462. The van der Waals surface area contributed by atoms with Crippen molar-refractivity contribution in [1.82, 2.24) is 29.3 Å². The molecule has 1 aliphatic carbocycles. The SMILES string of the molecule is CC#CCn1c(N2CCNCC2)nc2c1c(=O)n(CCc1ccccc1)c(=O)n2CC(=O)NC1CC1.Cl. The Bertz CT molecular complexity index is 1440. The topological polar surface area (TPSA) is 106 Å². The number of aromatic nitrogens is 4. The second kappa shape index (κ2) is 11.7. The first-order valence-electron chi connectivity index (χ1n) is 12.5. The first-order chi connectivity index (χ1) is 17.6. The number of fused-ring (bicyclic) bond motifs is 1. The van der Waals surface area contributed by atoms with Crippen LogP contribution in [0.25, 0.3) is 11.2 Å². The van der Waals surface area contributed by atoms with Crippen LogP contribution in [0.3, 0.4) is 0 Å². The number of imidazole rings is 1. The molecule has 11 heteroatoms. The summed E-state index contributed by atoms with van der Waals surface area (Å²) < 4.78 is 4.38. The van der Waals surface area contributed by atoms with Gasteiger partial charge in [0.25, 0.3) is 5.56 Å². The quantitative estimate of drug-likeness (QED) is 0.420. The minimum atomic E-state index is -0.521. The summed E-state index contributed by atoms with van der Waals surface area (Å²) in [6.07, 6.45) is 2.41. The lowest BCUT2D eigenvalue weighted by atomic mass is 10.1. The Kier molecular flexibility index (Phi) is 8.36. The number of anilines is 1. The molecule has 2 aromatic heterocycles. The molecule has 10 nitrogen and oxygen atoms in total. The number of piperazine rings is 1. The Labute approximate surface area is 221 Å². The molecule has 0 unspecified atom stereocenters. The molecule has 0 spiro atoms. The van der Waals surface area contributed by atoms with Gasteiger partial charge in [0, 0.05) is 38.8 Å². The van der Waals surface area contributed by atoms with Crippen LogP contribution in [-0.2, 0) is 30.8 Å². The molecular weight excluding hydrogens is 494 g/mol. The lowest BCUT2D eigenvalue weighted by molar-refractivity contribution is -0.121. The minimum absolute atomic E-state index is 0. The van der Waals surface area contributed by atoms with Gasteiger partial charge in [-0.2, -0.15) is 4.98 Å². The molecule has 0 radical (unpaired) electrons. The zero-order valence-electron chi connectivity index (χ0n) is 20.9. The molecule has 37 heavy (non-hydrogen) atoms. The maximum absolute atomic E-state index is 13.8. The van der Waals surface area contributed by atoms with Gasteiger partial charge in [-0.05, 0) is 31.7 Å².